The van der Waals surface area contributed by atoms with Crippen LogP contribution in [0.4, 0.5) is 0 Å². The lowest BCUT2D eigenvalue weighted by Gasteiger charge is -2.07. The Morgan fingerprint density at radius 1 is 1.44 bits per heavy atom. The van der Waals surface area contributed by atoms with Gasteiger partial charge >= 0.3 is 0 Å². The predicted molar refractivity (Wildman–Crippen MR) is 66.9 cm³/mol. The lowest BCUT2D eigenvalue weighted by atomic mass is 10.1. The van der Waals surface area contributed by atoms with E-state index in [1.165, 1.54) is 0 Å². The number of Topliss-reactive ketones (excluding diaryl/α,β-unsaturated/α-hetero) is 1. The normalized spacial score (nSPS) is 10.2. The predicted octanol–water partition coefficient (Wildman–Crippen LogP) is 3.94. The van der Waals surface area contributed by atoms with E-state index in [1.54, 1.807) is 18.2 Å². The van der Waals surface area contributed by atoms with E-state index >= 15 is 0 Å². The van der Waals surface area contributed by atoms with Crippen molar-refractivity contribution in [1.29, 1.82) is 0 Å². The van der Waals surface area contributed by atoms with Gasteiger partial charge in [0.25, 0.3) is 0 Å². The molecule has 0 unspecified atom stereocenters. The maximum absolute atomic E-state index is 11.7. The molecule has 0 bridgehead atoms. The van der Waals surface area contributed by atoms with E-state index < -0.39 is 0 Å². The number of carbonyl (C=O) groups excluding carboxylic acids is 1. The fourth-order valence-electron chi connectivity index (χ4n) is 1.32. The Balaban J connectivity index is 2.76. The topological polar surface area (TPSA) is 26.3 Å². The first kappa shape index (κ1) is 13.3. The Bertz CT molecular complexity index is 364. The molecule has 0 spiro atoms. The second kappa shape index (κ2) is 6.77. The smallest absolute Gasteiger partial charge is 0.162 e. The molecule has 16 heavy (non-hydrogen) atoms. The number of benzene rings is 1. The molecule has 0 atom stereocenters. The Kier molecular flexibility index (Phi) is 5.64. The number of ketones is 1. The van der Waals surface area contributed by atoms with Gasteiger partial charge in [0.2, 0.25) is 0 Å². The zero-order valence-electron chi connectivity index (χ0n) is 9.13. The third-order valence-electron chi connectivity index (χ3n) is 2.09. The largest absolute Gasteiger partial charge is 0.492 e. The highest BCUT2D eigenvalue weighted by Gasteiger charge is 2.08. The van der Waals surface area contributed by atoms with Gasteiger partial charge in [-0.05, 0) is 31.5 Å². The van der Waals surface area contributed by atoms with Gasteiger partial charge in [0, 0.05) is 17.9 Å². The van der Waals surface area contributed by atoms with E-state index in [0.29, 0.717) is 41.7 Å². The lowest BCUT2D eigenvalue weighted by molar-refractivity contribution is 0.0982. The summed E-state index contributed by atoms with van der Waals surface area (Å²) in [5.74, 6) is 1.17. The number of halogens is 2. The molecule has 0 aliphatic carbocycles. The second-order valence-corrected chi connectivity index (χ2v) is 4.08. The van der Waals surface area contributed by atoms with E-state index in [-0.39, 0.29) is 5.78 Å². The molecule has 2 nitrogen and oxygen atoms in total. The van der Waals surface area contributed by atoms with Crippen molar-refractivity contribution in [2.24, 2.45) is 0 Å². The first-order valence-corrected chi connectivity index (χ1v) is 6.11. The third kappa shape index (κ3) is 3.69. The average Bonchev–Trinajstić information content (AvgIpc) is 2.29. The molecule has 0 N–H and O–H groups in total. The van der Waals surface area contributed by atoms with Crippen LogP contribution in [0.1, 0.15) is 30.1 Å². The summed E-state index contributed by atoms with van der Waals surface area (Å²) < 4.78 is 5.29. The average molecular weight is 261 g/mol. The van der Waals surface area contributed by atoms with E-state index in [9.17, 15) is 4.79 Å². The summed E-state index contributed by atoms with van der Waals surface area (Å²) in [6.45, 7) is 2.44. The van der Waals surface area contributed by atoms with Gasteiger partial charge in [-0.1, -0.05) is 11.6 Å². The van der Waals surface area contributed by atoms with Crippen LogP contribution >= 0.6 is 23.2 Å². The van der Waals surface area contributed by atoms with Crippen LogP contribution in [0.25, 0.3) is 0 Å². The molecule has 0 aromatic heterocycles. The quantitative estimate of drug-likeness (QED) is 0.572. The summed E-state index contributed by atoms with van der Waals surface area (Å²) >= 11 is 11.5. The summed E-state index contributed by atoms with van der Waals surface area (Å²) in [7, 11) is 0. The van der Waals surface area contributed by atoms with Crippen molar-refractivity contribution < 1.29 is 9.53 Å². The van der Waals surface area contributed by atoms with Gasteiger partial charge in [0.15, 0.2) is 5.78 Å². The van der Waals surface area contributed by atoms with Crippen LogP contribution in [0.2, 0.25) is 5.02 Å². The molecule has 1 aromatic rings. The molecule has 4 heteroatoms. The molecule has 0 saturated heterocycles. The van der Waals surface area contributed by atoms with Crippen molar-refractivity contribution in [3.05, 3.63) is 28.8 Å². The van der Waals surface area contributed by atoms with Crippen LogP contribution in [-0.2, 0) is 0 Å². The number of carbonyl (C=O) groups is 1. The molecular formula is C12H14Cl2O2. The van der Waals surface area contributed by atoms with Gasteiger partial charge in [-0.25, -0.2) is 0 Å². The molecule has 0 aliphatic rings. The van der Waals surface area contributed by atoms with Crippen LogP contribution in [0.3, 0.4) is 0 Å². The summed E-state index contributed by atoms with van der Waals surface area (Å²) in [5.41, 5.74) is 0.610. The highest BCUT2D eigenvalue weighted by atomic mass is 35.5. The van der Waals surface area contributed by atoms with Crippen molar-refractivity contribution in [2.45, 2.75) is 19.8 Å². The molecule has 0 radical (unpaired) electrons. The van der Waals surface area contributed by atoms with Gasteiger partial charge in [-0.2, -0.15) is 0 Å². The standard InChI is InChI=1S/C12H14Cl2O2/c1-2-16-12-6-5-9(8-10(12)14)11(15)4-3-7-13/h5-6,8H,2-4,7H2,1H3. The van der Waals surface area contributed by atoms with Crippen LogP contribution in [0, 0.1) is 0 Å². The van der Waals surface area contributed by atoms with Crippen molar-refractivity contribution in [2.75, 3.05) is 12.5 Å². The first-order chi connectivity index (χ1) is 7.69. The summed E-state index contributed by atoms with van der Waals surface area (Å²) in [6, 6.07) is 5.09. The molecule has 0 heterocycles. The Hall–Kier alpha value is -0.730. The summed E-state index contributed by atoms with van der Waals surface area (Å²) in [6.07, 6.45) is 1.14. The van der Waals surface area contributed by atoms with Crippen LogP contribution < -0.4 is 4.74 Å². The van der Waals surface area contributed by atoms with E-state index in [0.717, 1.165) is 0 Å². The molecule has 0 aliphatic heterocycles. The van der Waals surface area contributed by atoms with Gasteiger partial charge in [0.1, 0.15) is 5.75 Å². The second-order valence-electron chi connectivity index (χ2n) is 3.29. The van der Waals surface area contributed by atoms with E-state index in [4.69, 9.17) is 27.9 Å². The Labute approximate surface area is 106 Å². The molecule has 88 valence electrons. The summed E-state index contributed by atoms with van der Waals surface area (Å²) in [4.78, 5) is 11.7. The number of alkyl halides is 1. The number of hydrogen-bond donors (Lipinski definition) is 0. The third-order valence-corrected chi connectivity index (χ3v) is 2.65. The zero-order chi connectivity index (χ0) is 12.0. The highest BCUT2D eigenvalue weighted by Crippen LogP contribution is 2.26. The minimum Gasteiger partial charge on any atom is -0.492 e. The lowest BCUT2D eigenvalue weighted by Crippen LogP contribution is -2.00. The fourth-order valence-corrected chi connectivity index (χ4v) is 1.69. The van der Waals surface area contributed by atoms with Gasteiger partial charge < -0.3 is 4.74 Å². The van der Waals surface area contributed by atoms with Gasteiger partial charge in [0.05, 0.1) is 11.6 Å². The van der Waals surface area contributed by atoms with Crippen molar-refractivity contribution in [3.8, 4) is 5.75 Å². The highest BCUT2D eigenvalue weighted by molar-refractivity contribution is 6.32. The maximum atomic E-state index is 11.7. The SMILES string of the molecule is CCOc1ccc(C(=O)CCCCl)cc1Cl. The van der Waals surface area contributed by atoms with Crippen molar-refractivity contribution in [1.82, 2.24) is 0 Å². The van der Waals surface area contributed by atoms with Gasteiger partial charge in [-0.3, -0.25) is 4.79 Å². The molecule has 1 rings (SSSR count). The monoisotopic (exact) mass is 260 g/mol. The van der Waals surface area contributed by atoms with Crippen LogP contribution in [-0.4, -0.2) is 18.3 Å². The van der Waals surface area contributed by atoms with Gasteiger partial charge in [-0.15, -0.1) is 11.6 Å². The number of hydrogen-bond acceptors (Lipinski definition) is 2. The van der Waals surface area contributed by atoms with Crippen molar-refractivity contribution in [3.63, 3.8) is 0 Å². The van der Waals surface area contributed by atoms with E-state index in [2.05, 4.69) is 0 Å². The Morgan fingerprint density at radius 2 is 2.19 bits per heavy atom. The van der Waals surface area contributed by atoms with E-state index in [1.807, 2.05) is 6.92 Å². The zero-order valence-corrected chi connectivity index (χ0v) is 10.6. The molecule has 1 aromatic carbocycles. The summed E-state index contributed by atoms with van der Waals surface area (Å²) in [5, 5.41) is 0.471. The number of ether oxygens (including phenoxy) is 1. The first-order valence-electron chi connectivity index (χ1n) is 5.20. The van der Waals surface area contributed by atoms with Crippen LogP contribution in [0.15, 0.2) is 18.2 Å². The molecule has 0 amide bonds. The molecule has 0 saturated carbocycles. The minimum atomic E-state index is 0.0607. The minimum absolute atomic E-state index is 0.0607. The van der Waals surface area contributed by atoms with Crippen LogP contribution in [0.5, 0.6) is 5.75 Å². The molecule has 0 fully saturated rings. The molecular weight excluding hydrogens is 247 g/mol. The Morgan fingerprint density at radius 3 is 2.75 bits per heavy atom. The maximum Gasteiger partial charge on any atom is 0.162 e. The van der Waals surface area contributed by atoms with Crippen molar-refractivity contribution >= 4 is 29.0 Å². The fraction of sp³-hybridized carbons (Fsp3) is 0.417. The number of rotatable bonds is 6.